The van der Waals surface area contributed by atoms with Crippen molar-refractivity contribution in [2.24, 2.45) is 5.84 Å². The zero-order valence-electron chi connectivity index (χ0n) is 6.55. The Kier molecular flexibility index (Phi) is 1.90. The van der Waals surface area contributed by atoms with E-state index in [9.17, 15) is 0 Å². The summed E-state index contributed by atoms with van der Waals surface area (Å²) >= 11 is 5.96. The second-order valence-electron chi connectivity index (χ2n) is 3.01. The van der Waals surface area contributed by atoms with Gasteiger partial charge in [0.05, 0.1) is 5.02 Å². The highest BCUT2D eigenvalue weighted by Crippen LogP contribution is 2.43. The molecule has 1 fully saturated rings. The van der Waals surface area contributed by atoms with Crippen molar-refractivity contribution in [3.8, 4) is 0 Å². The second kappa shape index (κ2) is 2.92. The summed E-state index contributed by atoms with van der Waals surface area (Å²) in [6.45, 7) is 0. The molecule has 1 aromatic rings. The first kappa shape index (κ1) is 7.83. The Hall–Kier alpha value is -0.800. The summed E-state index contributed by atoms with van der Waals surface area (Å²) in [5.41, 5.74) is 3.67. The number of anilines is 1. The first-order valence-corrected chi connectivity index (χ1v) is 4.31. The van der Waals surface area contributed by atoms with Crippen molar-refractivity contribution in [1.82, 2.24) is 4.98 Å². The molecule has 0 amide bonds. The van der Waals surface area contributed by atoms with Crippen LogP contribution in [0.3, 0.4) is 0 Å². The molecule has 0 bridgehead atoms. The predicted octanol–water partition coefficient (Wildman–Crippen LogP) is 1.90. The third-order valence-electron chi connectivity index (χ3n) is 2.05. The Balaban J connectivity index is 2.36. The van der Waals surface area contributed by atoms with Crippen molar-refractivity contribution in [2.45, 2.75) is 18.8 Å². The Morgan fingerprint density at radius 1 is 1.58 bits per heavy atom. The van der Waals surface area contributed by atoms with Crippen molar-refractivity contribution in [3.05, 3.63) is 22.8 Å². The maximum Gasteiger partial charge on any atom is 0.140 e. The van der Waals surface area contributed by atoms with E-state index in [0.29, 0.717) is 11.7 Å². The van der Waals surface area contributed by atoms with Crippen LogP contribution in [0, 0.1) is 0 Å². The molecule has 0 aromatic carbocycles. The van der Waals surface area contributed by atoms with Crippen LogP contribution < -0.4 is 11.3 Å². The lowest BCUT2D eigenvalue weighted by atomic mass is 10.2. The van der Waals surface area contributed by atoms with Crippen molar-refractivity contribution < 1.29 is 0 Å². The number of hydrazine groups is 1. The number of rotatable bonds is 2. The minimum Gasteiger partial charge on any atom is -0.308 e. The summed E-state index contributed by atoms with van der Waals surface area (Å²) in [5.74, 6) is 6.55. The van der Waals surface area contributed by atoms with E-state index in [1.807, 2.05) is 6.07 Å². The molecule has 2 rings (SSSR count). The third-order valence-corrected chi connectivity index (χ3v) is 2.37. The van der Waals surface area contributed by atoms with Gasteiger partial charge in [0.15, 0.2) is 0 Å². The van der Waals surface area contributed by atoms with Crippen molar-refractivity contribution in [3.63, 3.8) is 0 Å². The van der Waals surface area contributed by atoms with Gasteiger partial charge in [-0.25, -0.2) is 10.8 Å². The van der Waals surface area contributed by atoms with E-state index >= 15 is 0 Å². The summed E-state index contributed by atoms with van der Waals surface area (Å²) < 4.78 is 0. The Bertz CT molecular complexity index is 296. The molecular weight excluding hydrogens is 174 g/mol. The van der Waals surface area contributed by atoms with E-state index in [2.05, 4.69) is 10.4 Å². The molecule has 1 aliphatic rings. The predicted molar refractivity (Wildman–Crippen MR) is 49.0 cm³/mol. The van der Waals surface area contributed by atoms with E-state index in [-0.39, 0.29) is 0 Å². The highest BCUT2D eigenvalue weighted by Gasteiger charge is 2.26. The summed E-state index contributed by atoms with van der Waals surface area (Å²) in [5, 5.41) is 0.747. The maximum absolute atomic E-state index is 5.96. The lowest BCUT2D eigenvalue weighted by Crippen LogP contribution is -2.08. The van der Waals surface area contributed by atoms with Crippen LogP contribution in [0.2, 0.25) is 5.02 Å². The van der Waals surface area contributed by atoms with Gasteiger partial charge in [-0.15, -0.1) is 0 Å². The van der Waals surface area contributed by atoms with Crippen LogP contribution >= 0.6 is 11.6 Å². The number of nitrogen functional groups attached to an aromatic ring is 1. The van der Waals surface area contributed by atoms with Crippen LogP contribution in [0.5, 0.6) is 0 Å². The fourth-order valence-corrected chi connectivity index (χ4v) is 1.50. The Labute approximate surface area is 75.9 Å². The molecule has 1 heterocycles. The van der Waals surface area contributed by atoms with Gasteiger partial charge in [-0.1, -0.05) is 11.6 Å². The van der Waals surface area contributed by atoms with Crippen molar-refractivity contribution in [1.29, 1.82) is 0 Å². The lowest BCUT2D eigenvalue weighted by molar-refractivity contribution is 1.10. The number of pyridine rings is 1. The van der Waals surface area contributed by atoms with Crippen LogP contribution in [0.1, 0.15) is 24.3 Å². The van der Waals surface area contributed by atoms with Crippen LogP contribution in [0.25, 0.3) is 0 Å². The van der Waals surface area contributed by atoms with Gasteiger partial charge in [0.25, 0.3) is 0 Å². The highest BCUT2D eigenvalue weighted by atomic mass is 35.5. The molecule has 3 nitrogen and oxygen atoms in total. The first-order valence-electron chi connectivity index (χ1n) is 3.93. The molecule has 0 unspecified atom stereocenters. The molecule has 3 N–H and O–H groups in total. The second-order valence-corrected chi connectivity index (χ2v) is 3.42. The summed E-state index contributed by atoms with van der Waals surface area (Å²) in [6.07, 6.45) is 4.10. The SMILES string of the molecule is NNc1cc(C2CC2)c(Cl)cn1. The minimum absolute atomic E-state index is 0.632. The van der Waals surface area contributed by atoms with Crippen LogP contribution in [0.4, 0.5) is 5.82 Å². The van der Waals surface area contributed by atoms with Crippen molar-refractivity contribution >= 4 is 17.4 Å². The molecule has 64 valence electrons. The largest absolute Gasteiger partial charge is 0.308 e. The van der Waals surface area contributed by atoms with E-state index in [1.54, 1.807) is 6.20 Å². The van der Waals surface area contributed by atoms with Crippen LogP contribution in [-0.4, -0.2) is 4.98 Å². The molecular formula is C8H10ClN3. The smallest absolute Gasteiger partial charge is 0.140 e. The molecule has 1 aliphatic carbocycles. The summed E-state index contributed by atoms with van der Waals surface area (Å²) in [4.78, 5) is 4.00. The fraction of sp³-hybridized carbons (Fsp3) is 0.375. The van der Waals surface area contributed by atoms with Gasteiger partial charge in [0.2, 0.25) is 0 Å². The average Bonchev–Trinajstić information content (AvgIpc) is 2.88. The maximum atomic E-state index is 5.96. The number of nitrogens with zero attached hydrogens (tertiary/aromatic N) is 1. The Morgan fingerprint density at radius 3 is 2.92 bits per heavy atom. The molecule has 0 saturated heterocycles. The average molecular weight is 184 g/mol. The third kappa shape index (κ3) is 1.38. The van der Waals surface area contributed by atoms with Gasteiger partial charge >= 0.3 is 0 Å². The van der Waals surface area contributed by atoms with Gasteiger partial charge in [-0.05, 0) is 30.4 Å². The van der Waals surface area contributed by atoms with Crippen LogP contribution in [-0.2, 0) is 0 Å². The van der Waals surface area contributed by atoms with Gasteiger partial charge in [-0.3, -0.25) is 0 Å². The molecule has 1 saturated carbocycles. The van der Waals surface area contributed by atoms with E-state index < -0.39 is 0 Å². The highest BCUT2D eigenvalue weighted by molar-refractivity contribution is 6.31. The number of aromatic nitrogens is 1. The van der Waals surface area contributed by atoms with E-state index in [4.69, 9.17) is 17.4 Å². The zero-order chi connectivity index (χ0) is 8.55. The fourth-order valence-electron chi connectivity index (χ4n) is 1.24. The number of nitrogens with two attached hydrogens (primary N) is 1. The number of halogens is 1. The van der Waals surface area contributed by atoms with Crippen LogP contribution in [0.15, 0.2) is 12.3 Å². The first-order chi connectivity index (χ1) is 5.81. The molecule has 12 heavy (non-hydrogen) atoms. The summed E-state index contributed by atoms with van der Waals surface area (Å²) in [6, 6.07) is 1.92. The van der Waals surface area contributed by atoms with Gasteiger partial charge in [0.1, 0.15) is 5.82 Å². The monoisotopic (exact) mass is 183 g/mol. The number of nitrogens with one attached hydrogen (secondary N) is 1. The molecule has 0 aliphatic heterocycles. The lowest BCUT2D eigenvalue weighted by Gasteiger charge is -2.04. The Morgan fingerprint density at radius 2 is 2.33 bits per heavy atom. The van der Waals surface area contributed by atoms with Gasteiger partial charge < -0.3 is 5.43 Å². The van der Waals surface area contributed by atoms with E-state index in [1.165, 1.54) is 18.4 Å². The van der Waals surface area contributed by atoms with E-state index in [0.717, 1.165) is 5.02 Å². The van der Waals surface area contributed by atoms with Gasteiger partial charge in [0, 0.05) is 6.20 Å². The standard InChI is InChI=1S/C8H10ClN3/c9-7-4-11-8(12-10)3-6(7)5-1-2-5/h3-5H,1-2,10H2,(H,11,12). The number of hydrogen-bond donors (Lipinski definition) is 2. The molecule has 0 radical (unpaired) electrons. The quantitative estimate of drug-likeness (QED) is 0.544. The molecule has 0 spiro atoms. The topological polar surface area (TPSA) is 50.9 Å². The zero-order valence-corrected chi connectivity index (χ0v) is 7.30. The molecule has 1 aromatic heterocycles. The minimum atomic E-state index is 0.632. The van der Waals surface area contributed by atoms with Gasteiger partial charge in [-0.2, -0.15) is 0 Å². The summed E-state index contributed by atoms with van der Waals surface area (Å²) in [7, 11) is 0. The molecule has 4 heteroatoms. The molecule has 0 atom stereocenters. The number of hydrogen-bond acceptors (Lipinski definition) is 3. The van der Waals surface area contributed by atoms with Crippen molar-refractivity contribution in [2.75, 3.05) is 5.43 Å². The normalized spacial score (nSPS) is 16.2.